The van der Waals surface area contributed by atoms with Gasteiger partial charge in [0.1, 0.15) is 12.6 Å². The molecule has 8 heteroatoms. The molecule has 8 nitrogen and oxygen atoms in total. The number of nitrogens with one attached hydrogen (secondary N) is 1. The number of hydrogen-bond acceptors (Lipinski definition) is 6. The summed E-state index contributed by atoms with van der Waals surface area (Å²) in [4.78, 5) is 38.3. The lowest BCUT2D eigenvalue weighted by atomic mass is 10.0. The van der Waals surface area contributed by atoms with Crippen molar-refractivity contribution in [2.45, 2.75) is 26.3 Å². The van der Waals surface area contributed by atoms with Crippen molar-refractivity contribution in [3.63, 3.8) is 0 Å². The van der Waals surface area contributed by atoms with Crippen LogP contribution >= 0.6 is 0 Å². The number of ether oxygens (including phenoxy) is 2. The fourth-order valence-corrected chi connectivity index (χ4v) is 2.87. The fraction of sp³-hybridized carbons (Fsp3) is 0.333. The number of aromatic nitrogens is 2. The first-order valence-corrected chi connectivity index (χ1v) is 8.38. The van der Waals surface area contributed by atoms with Crippen LogP contribution in [0.5, 0.6) is 0 Å². The third-order valence-corrected chi connectivity index (χ3v) is 4.11. The van der Waals surface area contributed by atoms with E-state index >= 15 is 0 Å². The molecule has 1 aliphatic rings. The number of hydrogen-bond donors (Lipinski definition) is 1. The van der Waals surface area contributed by atoms with Crippen molar-refractivity contribution in [2.24, 2.45) is 0 Å². The number of carbonyl (C=O) groups excluding carboxylic acids is 3. The molecule has 0 spiro atoms. The Labute approximate surface area is 150 Å². The van der Waals surface area contributed by atoms with Gasteiger partial charge < -0.3 is 9.47 Å². The van der Waals surface area contributed by atoms with Crippen LogP contribution in [0.2, 0.25) is 0 Å². The van der Waals surface area contributed by atoms with Crippen LogP contribution in [0, 0.1) is 0 Å². The van der Waals surface area contributed by atoms with Crippen LogP contribution in [0.3, 0.4) is 0 Å². The van der Waals surface area contributed by atoms with Gasteiger partial charge in [0.15, 0.2) is 17.3 Å². The van der Waals surface area contributed by atoms with Crippen LogP contribution in [0.4, 0.5) is 10.6 Å². The summed E-state index contributed by atoms with van der Waals surface area (Å²) in [5.41, 5.74) is 0.833. The number of cyclic esters (lactones) is 1. The highest BCUT2D eigenvalue weighted by Crippen LogP contribution is 2.35. The number of carbonyl (C=O) groups is 3. The summed E-state index contributed by atoms with van der Waals surface area (Å²) in [7, 11) is 0. The first kappa shape index (κ1) is 17.7. The molecule has 1 fully saturated rings. The molecule has 0 aliphatic carbocycles. The van der Waals surface area contributed by atoms with Gasteiger partial charge in [-0.1, -0.05) is 37.3 Å². The molecule has 0 radical (unpaired) electrons. The number of H-pyrrole nitrogens is 1. The molecule has 1 aromatic carbocycles. The molecule has 1 saturated heterocycles. The van der Waals surface area contributed by atoms with Gasteiger partial charge in [0.25, 0.3) is 0 Å². The minimum Gasteiger partial charge on any atom is -0.461 e. The number of aromatic amines is 1. The van der Waals surface area contributed by atoms with Gasteiger partial charge in [0, 0.05) is 6.42 Å². The molecule has 1 amide bonds. The van der Waals surface area contributed by atoms with E-state index in [1.54, 1.807) is 13.8 Å². The number of benzene rings is 1. The van der Waals surface area contributed by atoms with Gasteiger partial charge in [-0.15, -0.1) is 0 Å². The Hall–Kier alpha value is -3.16. The second kappa shape index (κ2) is 7.38. The normalized spacial score (nSPS) is 16.5. The summed E-state index contributed by atoms with van der Waals surface area (Å²) in [5, 5.41) is 6.62. The Morgan fingerprint density at radius 1 is 1.31 bits per heavy atom. The monoisotopic (exact) mass is 357 g/mol. The first-order chi connectivity index (χ1) is 12.6. The van der Waals surface area contributed by atoms with Crippen molar-refractivity contribution in [3.05, 3.63) is 47.2 Å². The van der Waals surface area contributed by atoms with Crippen molar-refractivity contribution in [1.29, 1.82) is 0 Å². The molecule has 0 unspecified atom stereocenters. The molecular formula is C18H19N3O5. The highest BCUT2D eigenvalue weighted by Gasteiger charge is 2.40. The van der Waals surface area contributed by atoms with E-state index < -0.39 is 18.1 Å². The second-order valence-corrected chi connectivity index (χ2v) is 5.67. The van der Waals surface area contributed by atoms with Crippen LogP contribution in [0.1, 0.15) is 52.7 Å². The Morgan fingerprint density at radius 2 is 2.04 bits per heavy atom. The lowest BCUT2D eigenvalue weighted by Gasteiger charge is -2.20. The number of amides is 1. The van der Waals surface area contributed by atoms with Crippen molar-refractivity contribution in [1.82, 2.24) is 10.2 Å². The second-order valence-electron chi connectivity index (χ2n) is 5.67. The van der Waals surface area contributed by atoms with Crippen LogP contribution < -0.4 is 4.90 Å². The molecule has 0 bridgehead atoms. The zero-order valence-electron chi connectivity index (χ0n) is 14.5. The van der Waals surface area contributed by atoms with E-state index in [1.807, 2.05) is 30.3 Å². The van der Waals surface area contributed by atoms with Crippen LogP contribution in [0.15, 0.2) is 30.3 Å². The molecule has 136 valence electrons. The molecule has 2 heterocycles. The predicted octanol–water partition coefficient (Wildman–Crippen LogP) is 2.88. The maximum absolute atomic E-state index is 12.5. The number of ketones is 1. The van der Waals surface area contributed by atoms with Crippen molar-refractivity contribution < 1.29 is 23.9 Å². The highest BCUT2D eigenvalue weighted by atomic mass is 16.6. The van der Waals surface area contributed by atoms with Gasteiger partial charge in [0.05, 0.1) is 12.2 Å². The number of esters is 1. The smallest absolute Gasteiger partial charge is 0.416 e. The van der Waals surface area contributed by atoms with Crippen molar-refractivity contribution >= 4 is 23.7 Å². The number of Topliss-reactive ketones (excluding diaryl/α,β-unsaturated/α-hetero) is 1. The van der Waals surface area contributed by atoms with E-state index in [-0.39, 0.29) is 42.5 Å². The van der Waals surface area contributed by atoms with Crippen molar-refractivity contribution in [2.75, 3.05) is 18.1 Å². The zero-order chi connectivity index (χ0) is 18.7. The van der Waals surface area contributed by atoms with Crippen molar-refractivity contribution in [3.8, 4) is 0 Å². The SMILES string of the molecule is CCOC(=O)c1[nH]nc(N2C(=O)OC[C@H]2c2ccccc2)c1C(=O)CC. The average Bonchev–Trinajstić information content (AvgIpc) is 3.25. The van der Waals surface area contributed by atoms with E-state index in [0.29, 0.717) is 0 Å². The first-order valence-electron chi connectivity index (χ1n) is 8.38. The Morgan fingerprint density at radius 3 is 2.69 bits per heavy atom. The minimum atomic E-state index is -0.688. The molecule has 26 heavy (non-hydrogen) atoms. The van der Waals surface area contributed by atoms with Gasteiger partial charge in [-0.25, -0.2) is 14.5 Å². The third-order valence-electron chi connectivity index (χ3n) is 4.11. The number of nitrogens with zero attached hydrogens (tertiary/aromatic N) is 2. The van der Waals surface area contributed by atoms with E-state index in [1.165, 1.54) is 4.90 Å². The van der Waals surface area contributed by atoms with Crippen LogP contribution in [-0.2, 0) is 9.47 Å². The quantitative estimate of drug-likeness (QED) is 0.630. The molecule has 1 aliphatic heterocycles. The van der Waals surface area contributed by atoms with Crippen LogP contribution in [-0.4, -0.2) is 41.3 Å². The zero-order valence-corrected chi connectivity index (χ0v) is 14.5. The molecule has 1 atom stereocenters. The summed E-state index contributed by atoms with van der Waals surface area (Å²) in [6, 6.07) is 8.85. The number of anilines is 1. The maximum Gasteiger partial charge on any atom is 0.416 e. The Kier molecular flexibility index (Phi) is 5.01. The lowest BCUT2D eigenvalue weighted by molar-refractivity contribution is 0.0516. The molecule has 1 aromatic heterocycles. The standard InChI is InChI=1S/C18H19N3O5/c1-3-13(22)14-15(17(23)25-4-2)19-20-16(14)21-12(10-26-18(21)24)11-8-6-5-7-9-11/h5-9,12H,3-4,10H2,1-2H3,(H,19,20)/t12-/m0/s1. The van der Waals surface area contributed by atoms with E-state index in [9.17, 15) is 14.4 Å². The van der Waals surface area contributed by atoms with Crippen LogP contribution in [0.25, 0.3) is 0 Å². The summed E-state index contributed by atoms with van der Waals surface area (Å²) in [6.07, 6.45) is -0.469. The summed E-state index contributed by atoms with van der Waals surface area (Å²) < 4.78 is 10.2. The predicted molar refractivity (Wildman–Crippen MR) is 92.2 cm³/mol. The largest absolute Gasteiger partial charge is 0.461 e. The van der Waals surface area contributed by atoms with Gasteiger partial charge in [-0.05, 0) is 12.5 Å². The summed E-state index contributed by atoms with van der Waals surface area (Å²) in [5.74, 6) is -0.925. The molecular weight excluding hydrogens is 338 g/mol. The van der Waals surface area contributed by atoms with Gasteiger partial charge in [-0.2, -0.15) is 5.10 Å². The summed E-state index contributed by atoms with van der Waals surface area (Å²) >= 11 is 0. The summed E-state index contributed by atoms with van der Waals surface area (Å²) in [6.45, 7) is 3.63. The van der Waals surface area contributed by atoms with E-state index in [4.69, 9.17) is 9.47 Å². The van der Waals surface area contributed by atoms with E-state index in [0.717, 1.165) is 5.56 Å². The average molecular weight is 357 g/mol. The van der Waals surface area contributed by atoms with Gasteiger partial charge >= 0.3 is 12.1 Å². The fourth-order valence-electron chi connectivity index (χ4n) is 2.87. The molecule has 3 rings (SSSR count). The highest BCUT2D eigenvalue weighted by molar-refractivity contribution is 6.10. The topological polar surface area (TPSA) is 102 Å². The third kappa shape index (κ3) is 3.05. The molecule has 0 saturated carbocycles. The Bertz CT molecular complexity index is 831. The van der Waals surface area contributed by atoms with E-state index in [2.05, 4.69) is 10.2 Å². The number of rotatable bonds is 6. The van der Waals surface area contributed by atoms with Gasteiger partial charge in [0.2, 0.25) is 0 Å². The minimum absolute atomic E-state index is 0.0470. The Balaban J connectivity index is 2.08. The van der Waals surface area contributed by atoms with Gasteiger partial charge in [-0.3, -0.25) is 9.89 Å². The molecule has 2 aromatic rings. The lowest BCUT2D eigenvalue weighted by Crippen LogP contribution is -2.29. The maximum atomic E-state index is 12.5. The molecule has 1 N–H and O–H groups in total.